The van der Waals surface area contributed by atoms with Crippen molar-refractivity contribution in [1.82, 2.24) is 19.5 Å². The van der Waals surface area contributed by atoms with Crippen molar-refractivity contribution < 1.29 is 0 Å². The number of para-hydroxylation sites is 1. The number of aromatic nitrogens is 4. The molecule has 0 N–H and O–H groups in total. The maximum absolute atomic E-state index is 5.31. The molecule has 2 heterocycles. The molecule has 4 heteroatoms. The molecule has 73 heavy (non-hydrogen) atoms. The van der Waals surface area contributed by atoms with E-state index in [4.69, 9.17) is 15.0 Å². The van der Waals surface area contributed by atoms with Gasteiger partial charge in [0.15, 0.2) is 17.5 Å². The molecule has 372 valence electrons. The van der Waals surface area contributed by atoms with Crippen molar-refractivity contribution in [2.75, 3.05) is 0 Å². The Morgan fingerprint density at radius 3 is 2.01 bits per heavy atom. The molecule has 4 nitrogen and oxygen atoms in total. The molecule has 5 aliphatic rings. The summed E-state index contributed by atoms with van der Waals surface area (Å²) >= 11 is 0. The van der Waals surface area contributed by atoms with Gasteiger partial charge in [-0.05, 0) is 174 Å². The highest BCUT2D eigenvalue weighted by Crippen LogP contribution is 2.69. The Labute approximate surface area is 435 Å². The first-order valence-corrected chi connectivity index (χ1v) is 28.6. The largest absolute Gasteiger partial charge is 0.309 e. The van der Waals surface area contributed by atoms with Gasteiger partial charge in [0.25, 0.3) is 0 Å². The van der Waals surface area contributed by atoms with Crippen molar-refractivity contribution in [1.29, 1.82) is 0 Å². The van der Waals surface area contributed by atoms with E-state index >= 15 is 0 Å². The zero-order valence-electron chi connectivity index (χ0n) is 44.7. The van der Waals surface area contributed by atoms with E-state index in [-0.39, 0.29) is 5.41 Å². The molecule has 4 fully saturated rings. The van der Waals surface area contributed by atoms with Crippen molar-refractivity contribution in [2.45, 2.75) is 137 Å². The van der Waals surface area contributed by atoms with Gasteiger partial charge >= 0.3 is 0 Å². The van der Waals surface area contributed by atoms with E-state index in [0.29, 0.717) is 34.2 Å². The summed E-state index contributed by atoms with van der Waals surface area (Å²) in [5.74, 6) is 8.96. The first kappa shape index (κ1) is 46.9. The van der Waals surface area contributed by atoms with E-state index in [2.05, 4.69) is 193 Å². The topological polar surface area (TPSA) is 43.6 Å². The minimum atomic E-state index is -0.100. The number of hydrogen-bond acceptors (Lipinski definition) is 3. The third kappa shape index (κ3) is 7.68. The number of nitrogens with zero attached hydrogens (tertiary/aromatic N) is 4. The van der Waals surface area contributed by atoms with E-state index in [9.17, 15) is 0 Å². The normalized spacial score (nSPS) is 27.3. The standard InChI is InChI=1S/C69H76N4/c1-43(2)17-15-18-44(3)57-33-34-59-54-32-31-50-39-48(35-37-68(50,6)60(54)36-38-69(57,59)7)45-27-29-47(30-28-45)65-70-64(46-19-9-8-10-20-46)71-66(72-65)49-21-16-22-51(40-49)73-62-26-14-12-24-53(62)56-41-55-52-23-11-13-25-58(52)67(4,5)61(55)42-63(56)73/h8-14,16,19-30,40-44,48,50,54,57,59-60H,15,17-18,31-39H2,1-7H3/t44-,48?,50?,54+,57-,59?,60?,68+,69-/m1/s1. The second kappa shape index (κ2) is 17.9. The van der Waals surface area contributed by atoms with Crippen LogP contribution in [0.4, 0.5) is 0 Å². The summed E-state index contributed by atoms with van der Waals surface area (Å²) in [6, 6.07) is 51.3. The zero-order valence-corrected chi connectivity index (χ0v) is 44.7. The second-order valence-electron chi connectivity index (χ2n) is 25.4. The summed E-state index contributed by atoms with van der Waals surface area (Å²) < 4.78 is 2.44. The highest BCUT2D eigenvalue weighted by Gasteiger charge is 2.60. The number of hydrogen-bond donors (Lipinski definition) is 0. The molecular weight excluding hydrogens is 885 g/mol. The fourth-order valence-electron chi connectivity index (χ4n) is 17.1. The summed E-state index contributed by atoms with van der Waals surface area (Å²) in [6.45, 7) is 17.7. The lowest BCUT2D eigenvalue weighted by atomic mass is 9.43. The minimum absolute atomic E-state index is 0.100. The first-order valence-electron chi connectivity index (χ1n) is 28.6. The molecule has 6 aromatic carbocycles. The van der Waals surface area contributed by atoms with E-state index < -0.39 is 0 Å². The Kier molecular flexibility index (Phi) is 11.5. The van der Waals surface area contributed by atoms with Crippen molar-refractivity contribution in [2.24, 2.45) is 52.3 Å². The predicted octanol–water partition coefficient (Wildman–Crippen LogP) is 18.5. The van der Waals surface area contributed by atoms with Crippen LogP contribution in [0.2, 0.25) is 0 Å². The lowest BCUT2D eigenvalue weighted by Crippen LogP contribution is -2.53. The summed E-state index contributed by atoms with van der Waals surface area (Å²) in [7, 11) is 0. The number of benzene rings is 6. The van der Waals surface area contributed by atoms with Crippen molar-refractivity contribution in [3.05, 3.63) is 156 Å². The van der Waals surface area contributed by atoms with Crippen LogP contribution < -0.4 is 0 Å². The van der Waals surface area contributed by atoms with Crippen LogP contribution in [-0.2, 0) is 5.41 Å². The fourth-order valence-corrected chi connectivity index (χ4v) is 17.1. The van der Waals surface area contributed by atoms with Crippen LogP contribution >= 0.6 is 0 Å². The molecule has 13 rings (SSSR count). The van der Waals surface area contributed by atoms with Crippen LogP contribution in [0.15, 0.2) is 140 Å². The summed E-state index contributed by atoms with van der Waals surface area (Å²) in [5.41, 5.74) is 14.4. The first-order chi connectivity index (χ1) is 35.4. The van der Waals surface area contributed by atoms with E-state index in [1.165, 1.54) is 127 Å². The van der Waals surface area contributed by atoms with Gasteiger partial charge < -0.3 is 4.57 Å². The molecule has 0 saturated heterocycles. The molecule has 9 atom stereocenters. The smallest absolute Gasteiger partial charge is 0.164 e. The van der Waals surface area contributed by atoms with E-state index in [1.54, 1.807) is 0 Å². The molecule has 8 aromatic rings. The average Bonchev–Trinajstić information content (AvgIpc) is 4.02. The Hall–Kier alpha value is -5.87. The highest BCUT2D eigenvalue weighted by molar-refractivity contribution is 6.11. The minimum Gasteiger partial charge on any atom is -0.309 e. The molecule has 0 aliphatic heterocycles. The lowest BCUT2D eigenvalue weighted by Gasteiger charge is -2.61. The Bertz CT molecular complexity index is 3360. The van der Waals surface area contributed by atoms with Crippen LogP contribution in [0.5, 0.6) is 0 Å². The van der Waals surface area contributed by atoms with Crippen LogP contribution in [0.25, 0.3) is 72.8 Å². The van der Waals surface area contributed by atoms with Gasteiger partial charge in [-0.25, -0.2) is 15.0 Å². The number of fused-ring (bicyclic) bond motifs is 11. The lowest BCUT2D eigenvalue weighted by molar-refractivity contribution is -0.117. The Balaban J connectivity index is 0.778. The summed E-state index contributed by atoms with van der Waals surface area (Å²) in [5, 5.41) is 2.53. The van der Waals surface area contributed by atoms with Gasteiger partial charge in [-0.1, -0.05) is 177 Å². The van der Waals surface area contributed by atoms with Gasteiger partial charge in [0, 0.05) is 38.6 Å². The molecule has 4 unspecified atom stereocenters. The van der Waals surface area contributed by atoms with Crippen LogP contribution in [0.1, 0.15) is 148 Å². The monoisotopic (exact) mass is 961 g/mol. The third-order valence-corrected chi connectivity index (χ3v) is 20.9. The number of rotatable bonds is 10. The van der Waals surface area contributed by atoms with Crippen LogP contribution in [0, 0.1) is 52.3 Å². The molecule has 5 aliphatic carbocycles. The van der Waals surface area contributed by atoms with Crippen molar-refractivity contribution in [3.63, 3.8) is 0 Å². The van der Waals surface area contributed by atoms with Gasteiger partial charge in [-0.15, -0.1) is 0 Å². The Morgan fingerprint density at radius 2 is 1.22 bits per heavy atom. The fraction of sp³-hybridized carbons (Fsp3) is 0.435. The summed E-state index contributed by atoms with van der Waals surface area (Å²) in [6.07, 6.45) is 17.1. The molecule has 2 aromatic heterocycles. The summed E-state index contributed by atoms with van der Waals surface area (Å²) in [4.78, 5) is 15.7. The van der Waals surface area contributed by atoms with Gasteiger partial charge in [0.2, 0.25) is 0 Å². The second-order valence-corrected chi connectivity index (χ2v) is 25.4. The van der Waals surface area contributed by atoms with Crippen molar-refractivity contribution >= 4 is 21.8 Å². The van der Waals surface area contributed by atoms with Crippen molar-refractivity contribution in [3.8, 4) is 51.0 Å². The zero-order chi connectivity index (χ0) is 49.8. The highest BCUT2D eigenvalue weighted by atomic mass is 15.0. The molecule has 4 saturated carbocycles. The quantitative estimate of drug-likeness (QED) is 0.137. The molecular formula is C69H76N4. The van der Waals surface area contributed by atoms with Gasteiger partial charge in [-0.2, -0.15) is 0 Å². The average molecular weight is 961 g/mol. The van der Waals surface area contributed by atoms with Gasteiger partial charge in [0.05, 0.1) is 11.0 Å². The van der Waals surface area contributed by atoms with E-state index in [1.807, 2.05) is 0 Å². The molecule has 0 bridgehead atoms. The molecule has 0 spiro atoms. The SMILES string of the molecule is CC(C)CCC[C@@H](C)[C@H]1CCC2[C@@H]3CCC4CC(c5ccc(-c6nc(-c7ccccc7)nc(-c7cccc(-n8c9ccccc9c9cc%10c(cc98)C(C)(C)c8ccccc8-%10)c7)n6)cc5)CC[C@]4(C)C3CC[C@@]21C. The molecule has 0 amide bonds. The van der Waals surface area contributed by atoms with E-state index in [0.717, 1.165) is 63.8 Å². The van der Waals surface area contributed by atoms with Gasteiger partial charge in [-0.3, -0.25) is 0 Å². The maximum Gasteiger partial charge on any atom is 0.164 e. The molecule has 0 radical (unpaired) electrons. The predicted molar refractivity (Wildman–Crippen MR) is 304 cm³/mol. The van der Waals surface area contributed by atoms with Gasteiger partial charge in [0.1, 0.15) is 0 Å². The third-order valence-electron chi connectivity index (χ3n) is 20.9. The van der Waals surface area contributed by atoms with Crippen LogP contribution in [-0.4, -0.2) is 19.5 Å². The Morgan fingerprint density at radius 1 is 0.534 bits per heavy atom. The van der Waals surface area contributed by atoms with Crippen LogP contribution in [0.3, 0.4) is 0 Å². The maximum atomic E-state index is 5.31.